The number of carbonyl (C=O) groups excluding carboxylic acids is 2. The third-order valence-corrected chi connectivity index (χ3v) is 5.95. The third-order valence-electron chi connectivity index (χ3n) is 4.62. The van der Waals surface area contributed by atoms with Crippen LogP contribution >= 0.6 is 34.6 Å². The molecule has 0 saturated heterocycles. The fourth-order valence-electron chi connectivity index (χ4n) is 3.09. The summed E-state index contributed by atoms with van der Waals surface area (Å²) < 4.78 is 5.53. The summed E-state index contributed by atoms with van der Waals surface area (Å²) in [6.07, 6.45) is 0. The summed E-state index contributed by atoms with van der Waals surface area (Å²) >= 11 is 3.01. The van der Waals surface area contributed by atoms with E-state index in [0.29, 0.717) is 16.3 Å². The SMILES string of the molecule is NOOSc1ccc(NC(=O)CN(CCN(CC(=O)O)CC(=O)Nc2ccc(I)cc2)CC(=O)O)cc1. The number of halogens is 1. The first-order chi connectivity index (χ1) is 17.6. The number of carboxylic acid groups (broad SMARTS) is 2. The molecule has 13 nitrogen and oxygen atoms in total. The van der Waals surface area contributed by atoms with Crippen molar-refractivity contribution in [3.05, 3.63) is 52.1 Å². The van der Waals surface area contributed by atoms with Crippen molar-refractivity contribution >= 4 is 69.8 Å². The molecular formula is C22H26IN5O8S. The average molecular weight is 647 g/mol. The molecule has 0 fully saturated rings. The monoisotopic (exact) mass is 647 g/mol. The number of hydrogen-bond donors (Lipinski definition) is 5. The fourth-order valence-corrected chi connectivity index (χ4v) is 3.81. The lowest BCUT2D eigenvalue weighted by atomic mass is 10.3. The number of rotatable bonds is 16. The predicted octanol–water partition coefficient (Wildman–Crippen LogP) is 1.47. The second kappa shape index (κ2) is 16.1. The number of hydrogen-bond acceptors (Lipinski definition) is 10. The molecule has 6 N–H and O–H groups in total. The van der Waals surface area contributed by atoms with E-state index in [-0.39, 0.29) is 26.2 Å². The topological polar surface area (TPSA) is 184 Å². The van der Waals surface area contributed by atoms with Crippen molar-refractivity contribution in [1.82, 2.24) is 9.80 Å². The lowest BCUT2D eigenvalue weighted by Gasteiger charge is -2.25. The number of carboxylic acids is 2. The Morgan fingerprint density at radius 1 is 0.784 bits per heavy atom. The number of nitrogens with one attached hydrogen (secondary N) is 2. The van der Waals surface area contributed by atoms with Crippen molar-refractivity contribution in [2.45, 2.75) is 4.90 Å². The molecule has 0 bridgehead atoms. The van der Waals surface area contributed by atoms with Crippen LogP contribution in [-0.2, 0) is 28.5 Å². The van der Waals surface area contributed by atoms with Gasteiger partial charge in [0.15, 0.2) is 0 Å². The highest BCUT2D eigenvalue weighted by Crippen LogP contribution is 2.20. The van der Waals surface area contributed by atoms with Crippen LogP contribution in [0.3, 0.4) is 0 Å². The molecule has 0 atom stereocenters. The van der Waals surface area contributed by atoms with Crippen LogP contribution in [-0.4, -0.2) is 83.0 Å². The molecule has 37 heavy (non-hydrogen) atoms. The number of nitrogens with two attached hydrogens (primary N) is 1. The van der Waals surface area contributed by atoms with E-state index in [2.05, 4.69) is 42.5 Å². The second-order valence-corrected chi connectivity index (χ2v) is 9.60. The zero-order valence-corrected chi connectivity index (χ0v) is 22.4. The molecule has 2 aromatic rings. The van der Waals surface area contributed by atoms with Crippen LogP contribution in [0.5, 0.6) is 0 Å². The number of amides is 2. The molecule has 2 rings (SSSR count). The molecule has 0 aromatic heterocycles. The summed E-state index contributed by atoms with van der Waals surface area (Å²) in [4.78, 5) is 54.9. The van der Waals surface area contributed by atoms with Crippen LogP contribution in [0, 0.1) is 3.57 Å². The summed E-state index contributed by atoms with van der Waals surface area (Å²) in [5.74, 6) is 1.59. The van der Waals surface area contributed by atoms with Crippen molar-refractivity contribution in [3.63, 3.8) is 0 Å². The minimum absolute atomic E-state index is 0.0375. The summed E-state index contributed by atoms with van der Waals surface area (Å²) in [7, 11) is 0. The standard InChI is InChI=1S/C22H26IN5O8S/c23-15-1-3-16(4-2-15)25-19(29)11-27(13-21(31)32)9-10-28(14-22(33)34)12-20(30)26-17-5-7-18(8-6-17)37-36-35-24/h1-8H,9-14,24H2,(H,25,29)(H,26,30)(H,31,32)(H,33,34). The molecule has 0 aliphatic heterocycles. The number of aliphatic carboxylic acids is 2. The van der Waals surface area contributed by atoms with Gasteiger partial charge in [-0.3, -0.25) is 29.0 Å². The van der Waals surface area contributed by atoms with Crippen molar-refractivity contribution in [1.29, 1.82) is 0 Å². The van der Waals surface area contributed by atoms with E-state index in [1.165, 1.54) is 9.80 Å². The van der Waals surface area contributed by atoms with Crippen LogP contribution in [0.2, 0.25) is 0 Å². The van der Waals surface area contributed by atoms with Gasteiger partial charge in [-0.1, -0.05) is 0 Å². The molecule has 0 unspecified atom stereocenters. The van der Waals surface area contributed by atoms with Crippen molar-refractivity contribution in [3.8, 4) is 0 Å². The molecule has 15 heteroatoms. The Labute approximate surface area is 230 Å². The highest BCUT2D eigenvalue weighted by molar-refractivity contribution is 14.1. The Bertz CT molecular complexity index is 1060. The first kappa shape index (κ1) is 30.4. The minimum atomic E-state index is -1.16. The number of benzene rings is 2. The molecule has 2 aromatic carbocycles. The van der Waals surface area contributed by atoms with Gasteiger partial charge in [-0.05, 0) is 71.1 Å². The van der Waals surface area contributed by atoms with Crippen molar-refractivity contribution < 1.29 is 38.7 Å². The maximum absolute atomic E-state index is 12.5. The number of carbonyl (C=O) groups is 4. The van der Waals surface area contributed by atoms with Gasteiger partial charge in [0.1, 0.15) is 0 Å². The average Bonchev–Trinajstić information content (AvgIpc) is 2.82. The predicted molar refractivity (Wildman–Crippen MR) is 143 cm³/mol. The Morgan fingerprint density at radius 3 is 1.62 bits per heavy atom. The third kappa shape index (κ3) is 12.8. The summed E-state index contributed by atoms with van der Waals surface area (Å²) in [6.45, 7) is -1.29. The molecule has 0 heterocycles. The van der Waals surface area contributed by atoms with Crippen molar-refractivity contribution in [2.24, 2.45) is 5.90 Å². The van der Waals surface area contributed by atoms with E-state index < -0.39 is 36.8 Å². The lowest BCUT2D eigenvalue weighted by molar-refractivity contribution is -0.195. The van der Waals surface area contributed by atoms with E-state index in [9.17, 15) is 29.4 Å². The molecule has 200 valence electrons. The largest absolute Gasteiger partial charge is 0.480 e. The zero-order valence-electron chi connectivity index (χ0n) is 19.5. The molecule has 0 spiro atoms. The van der Waals surface area contributed by atoms with Crippen LogP contribution in [0.25, 0.3) is 0 Å². The Balaban J connectivity index is 1.94. The van der Waals surface area contributed by atoms with Gasteiger partial charge in [0.2, 0.25) is 11.8 Å². The highest BCUT2D eigenvalue weighted by atomic mass is 127. The molecule has 0 radical (unpaired) electrons. The lowest BCUT2D eigenvalue weighted by Crippen LogP contribution is -2.44. The highest BCUT2D eigenvalue weighted by Gasteiger charge is 2.19. The smallest absolute Gasteiger partial charge is 0.317 e. The van der Waals surface area contributed by atoms with Gasteiger partial charge < -0.3 is 20.8 Å². The normalized spacial score (nSPS) is 10.9. The van der Waals surface area contributed by atoms with Gasteiger partial charge in [-0.2, -0.15) is 5.90 Å². The van der Waals surface area contributed by atoms with E-state index in [1.54, 1.807) is 36.4 Å². The van der Waals surface area contributed by atoms with Gasteiger partial charge in [-0.15, -0.1) is 9.32 Å². The van der Waals surface area contributed by atoms with Crippen LogP contribution < -0.4 is 16.5 Å². The van der Waals surface area contributed by atoms with Crippen molar-refractivity contribution in [2.75, 3.05) is 49.9 Å². The van der Waals surface area contributed by atoms with Gasteiger partial charge in [-0.25, -0.2) is 0 Å². The number of anilines is 2. The maximum atomic E-state index is 12.5. The summed E-state index contributed by atoms with van der Waals surface area (Å²) in [6, 6.07) is 13.6. The number of nitrogens with zero attached hydrogens (tertiary/aromatic N) is 2. The summed E-state index contributed by atoms with van der Waals surface area (Å²) in [5, 5.41) is 23.8. The summed E-state index contributed by atoms with van der Waals surface area (Å²) in [5.41, 5.74) is 1.04. The molecule has 0 aliphatic carbocycles. The maximum Gasteiger partial charge on any atom is 0.317 e. The molecule has 0 aliphatic rings. The molecular weight excluding hydrogens is 621 g/mol. The van der Waals surface area contributed by atoms with Gasteiger partial charge in [0.25, 0.3) is 0 Å². The van der Waals surface area contributed by atoms with Crippen LogP contribution in [0.4, 0.5) is 11.4 Å². The Morgan fingerprint density at radius 2 is 1.22 bits per heavy atom. The minimum Gasteiger partial charge on any atom is -0.480 e. The van der Waals surface area contributed by atoms with E-state index in [0.717, 1.165) is 15.6 Å². The van der Waals surface area contributed by atoms with E-state index in [4.69, 9.17) is 5.90 Å². The first-order valence-electron chi connectivity index (χ1n) is 10.7. The van der Waals surface area contributed by atoms with Gasteiger partial charge in [0, 0.05) is 32.9 Å². The molecule has 0 saturated carbocycles. The zero-order chi connectivity index (χ0) is 27.2. The quantitative estimate of drug-likeness (QED) is 0.0767. The van der Waals surface area contributed by atoms with E-state index in [1.807, 2.05) is 12.1 Å². The molecule has 2 amide bonds. The van der Waals surface area contributed by atoms with E-state index >= 15 is 0 Å². The van der Waals surface area contributed by atoms with Gasteiger partial charge in [0.05, 0.1) is 38.2 Å². The fraction of sp³-hybridized carbons (Fsp3) is 0.273. The van der Waals surface area contributed by atoms with Crippen LogP contribution in [0.1, 0.15) is 0 Å². The van der Waals surface area contributed by atoms with Crippen LogP contribution in [0.15, 0.2) is 53.4 Å². The van der Waals surface area contributed by atoms with Gasteiger partial charge >= 0.3 is 11.9 Å². The Kier molecular flexibility index (Phi) is 13.3. The first-order valence-corrected chi connectivity index (χ1v) is 12.5. The Hall–Kier alpha value is -2.80. The second-order valence-electron chi connectivity index (χ2n) is 7.58.